The van der Waals surface area contributed by atoms with Crippen molar-refractivity contribution in [3.8, 4) is 5.75 Å². The van der Waals surface area contributed by atoms with Gasteiger partial charge in [0.2, 0.25) is 10.0 Å². The number of ether oxygens (including phenoxy) is 1. The van der Waals surface area contributed by atoms with E-state index in [2.05, 4.69) is 26.0 Å². The summed E-state index contributed by atoms with van der Waals surface area (Å²) >= 11 is 3.30. The third-order valence-electron chi connectivity index (χ3n) is 3.15. The van der Waals surface area contributed by atoms with Crippen LogP contribution in [0.3, 0.4) is 0 Å². The van der Waals surface area contributed by atoms with Crippen molar-refractivity contribution < 1.29 is 13.2 Å². The molecule has 7 heteroatoms. The fourth-order valence-corrected chi connectivity index (χ4v) is 3.69. The molecule has 0 atom stereocenters. The standard InChI is InChI=1S/C14H21BrN2O3S/c1-2-20-13-7-4-11(15)10-14(13)21(18,19)17-9-3-8-16-12-5-6-12/h4,7,10,12,16-17H,2-3,5-6,8-9H2,1H3. The number of hydrogen-bond donors (Lipinski definition) is 2. The average Bonchev–Trinajstić information content (AvgIpc) is 3.24. The van der Waals surface area contributed by atoms with Gasteiger partial charge >= 0.3 is 0 Å². The SMILES string of the molecule is CCOc1ccc(Br)cc1S(=O)(=O)NCCCNC1CC1. The summed E-state index contributed by atoms with van der Waals surface area (Å²) in [5, 5.41) is 3.36. The van der Waals surface area contributed by atoms with Gasteiger partial charge in [-0.25, -0.2) is 13.1 Å². The van der Waals surface area contributed by atoms with E-state index >= 15 is 0 Å². The van der Waals surface area contributed by atoms with Crippen molar-refractivity contribution in [2.75, 3.05) is 19.7 Å². The smallest absolute Gasteiger partial charge is 0.244 e. The first-order valence-electron chi connectivity index (χ1n) is 7.18. The molecule has 0 amide bonds. The minimum Gasteiger partial charge on any atom is -0.492 e. The van der Waals surface area contributed by atoms with Crippen LogP contribution in [0.4, 0.5) is 0 Å². The van der Waals surface area contributed by atoms with E-state index in [1.54, 1.807) is 18.2 Å². The Hall–Kier alpha value is -0.630. The van der Waals surface area contributed by atoms with E-state index in [1.165, 1.54) is 12.8 Å². The van der Waals surface area contributed by atoms with Crippen LogP contribution in [0.15, 0.2) is 27.6 Å². The molecule has 1 aromatic rings. The first kappa shape index (κ1) is 16.7. The molecular formula is C14H21BrN2O3S. The summed E-state index contributed by atoms with van der Waals surface area (Å²) in [6.45, 7) is 3.51. The number of halogens is 1. The zero-order valence-corrected chi connectivity index (χ0v) is 14.5. The largest absolute Gasteiger partial charge is 0.492 e. The number of rotatable bonds is 9. The summed E-state index contributed by atoms with van der Waals surface area (Å²) in [7, 11) is -3.55. The lowest BCUT2D eigenvalue weighted by Crippen LogP contribution is -2.28. The van der Waals surface area contributed by atoms with E-state index < -0.39 is 10.0 Å². The molecule has 21 heavy (non-hydrogen) atoms. The first-order valence-corrected chi connectivity index (χ1v) is 9.46. The number of nitrogens with one attached hydrogen (secondary N) is 2. The second kappa shape index (κ2) is 7.58. The van der Waals surface area contributed by atoms with E-state index in [9.17, 15) is 8.42 Å². The van der Waals surface area contributed by atoms with Gasteiger partial charge in [0.05, 0.1) is 6.61 Å². The van der Waals surface area contributed by atoms with E-state index in [-0.39, 0.29) is 4.90 Å². The molecule has 1 aromatic carbocycles. The maximum absolute atomic E-state index is 12.4. The summed E-state index contributed by atoms with van der Waals surface area (Å²) < 4.78 is 33.4. The molecule has 1 saturated carbocycles. The van der Waals surface area contributed by atoms with Crippen LogP contribution in [0, 0.1) is 0 Å². The van der Waals surface area contributed by atoms with Crippen LogP contribution in [-0.4, -0.2) is 34.2 Å². The van der Waals surface area contributed by atoms with Gasteiger partial charge in [0, 0.05) is 17.1 Å². The van der Waals surface area contributed by atoms with Crippen LogP contribution in [0.2, 0.25) is 0 Å². The molecule has 0 unspecified atom stereocenters. The highest BCUT2D eigenvalue weighted by Gasteiger charge is 2.21. The van der Waals surface area contributed by atoms with E-state index in [4.69, 9.17) is 4.74 Å². The Labute approximate surface area is 134 Å². The minimum absolute atomic E-state index is 0.175. The molecule has 118 valence electrons. The van der Waals surface area contributed by atoms with Gasteiger partial charge in [0.15, 0.2) is 0 Å². The molecule has 0 bridgehead atoms. The van der Waals surface area contributed by atoms with Gasteiger partial charge in [-0.15, -0.1) is 0 Å². The van der Waals surface area contributed by atoms with Crippen molar-refractivity contribution in [3.05, 3.63) is 22.7 Å². The summed E-state index contributed by atoms with van der Waals surface area (Å²) in [4.78, 5) is 0.175. The fraction of sp³-hybridized carbons (Fsp3) is 0.571. The molecule has 0 spiro atoms. The molecule has 0 aromatic heterocycles. The molecule has 1 fully saturated rings. The van der Waals surface area contributed by atoms with E-state index in [0.29, 0.717) is 29.4 Å². The second-order valence-corrected chi connectivity index (χ2v) is 7.65. The topological polar surface area (TPSA) is 67.4 Å². The maximum Gasteiger partial charge on any atom is 0.244 e. The number of hydrogen-bond acceptors (Lipinski definition) is 4. The molecule has 0 radical (unpaired) electrons. The van der Waals surface area contributed by atoms with Gasteiger partial charge in [-0.1, -0.05) is 15.9 Å². The summed E-state index contributed by atoms with van der Waals surface area (Å²) in [5.41, 5.74) is 0. The average molecular weight is 377 g/mol. The molecule has 0 aliphatic heterocycles. The Morgan fingerprint density at radius 1 is 1.33 bits per heavy atom. The quantitative estimate of drug-likeness (QED) is 0.648. The van der Waals surface area contributed by atoms with Crippen molar-refractivity contribution in [2.24, 2.45) is 0 Å². The summed E-state index contributed by atoms with van der Waals surface area (Å²) in [6.07, 6.45) is 3.25. The Kier molecular flexibility index (Phi) is 6.04. The summed E-state index contributed by atoms with van der Waals surface area (Å²) in [6, 6.07) is 5.65. The molecule has 1 aliphatic carbocycles. The van der Waals surface area contributed by atoms with E-state index in [0.717, 1.165) is 13.0 Å². The minimum atomic E-state index is -3.55. The highest BCUT2D eigenvalue weighted by Crippen LogP contribution is 2.27. The molecule has 0 heterocycles. The van der Waals surface area contributed by atoms with Crippen LogP contribution in [0.1, 0.15) is 26.2 Å². The number of sulfonamides is 1. The molecule has 2 N–H and O–H groups in total. The van der Waals surface area contributed by atoms with Gasteiger partial charge < -0.3 is 10.1 Å². The van der Waals surface area contributed by atoms with Crippen molar-refractivity contribution in [1.82, 2.24) is 10.0 Å². The normalized spacial score (nSPS) is 15.1. The fourth-order valence-electron chi connectivity index (χ4n) is 1.93. The van der Waals surface area contributed by atoms with Gasteiger partial charge in [-0.3, -0.25) is 0 Å². The Bertz CT molecular complexity index is 574. The lowest BCUT2D eigenvalue weighted by molar-refractivity contribution is 0.331. The second-order valence-electron chi connectivity index (χ2n) is 5.00. The van der Waals surface area contributed by atoms with Crippen molar-refractivity contribution in [2.45, 2.75) is 37.1 Å². The highest BCUT2D eigenvalue weighted by molar-refractivity contribution is 9.10. The van der Waals surface area contributed by atoms with Crippen LogP contribution >= 0.6 is 15.9 Å². The zero-order valence-electron chi connectivity index (χ0n) is 12.1. The van der Waals surface area contributed by atoms with Crippen molar-refractivity contribution >= 4 is 26.0 Å². The van der Waals surface area contributed by atoms with Crippen LogP contribution in [0.5, 0.6) is 5.75 Å². The van der Waals surface area contributed by atoms with Crippen LogP contribution in [0.25, 0.3) is 0 Å². The van der Waals surface area contributed by atoms with Gasteiger partial charge in [-0.2, -0.15) is 0 Å². The van der Waals surface area contributed by atoms with Gasteiger partial charge in [0.1, 0.15) is 10.6 Å². The Balaban J connectivity index is 1.95. The van der Waals surface area contributed by atoms with Crippen molar-refractivity contribution in [3.63, 3.8) is 0 Å². The molecule has 1 aliphatic rings. The monoisotopic (exact) mass is 376 g/mol. The molecular weight excluding hydrogens is 356 g/mol. The highest BCUT2D eigenvalue weighted by atomic mass is 79.9. The van der Waals surface area contributed by atoms with Crippen molar-refractivity contribution in [1.29, 1.82) is 0 Å². The molecule has 2 rings (SSSR count). The Morgan fingerprint density at radius 2 is 2.10 bits per heavy atom. The van der Waals surface area contributed by atoms with Crippen LogP contribution < -0.4 is 14.8 Å². The zero-order chi connectivity index (χ0) is 15.3. The maximum atomic E-state index is 12.4. The lowest BCUT2D eigenvalue weighted by atomic mass is 10.3. The third kappa shape index (κ3) is 5.25. The third-order valence-corrected chi connectivity index (χ3v) is 5.13. The first-order chi connectivity index (χ1) is 10.0. The van der Waals surface area contributed by atoms with Gasteiger partial charge in [-0.05, 0) is 50.9 Å². The number of benzene rings is 1. The lowest BCUT2D eigenvalue weighted by Gasteiger charge is -2.12. The van der Waals surface area contributed by atoms with Crippen LogP contribution in [-0.2, 0) is 10.0 Å². The van der Waals surface area contributed by atoms with E-state index in [1.807, 2.05) is 6.92 Å². The van der Waals surface area contributed by atoms with Gasteiger partial charge in [0.25, 0.3) is 0 Å². The Morgan fingerprint density at radius 3 is 2.76 bits per heavy atom. The predicted octanol–water partition coefficient (Wildman–Crippen LogP) is 2.27. The summed E-state index contributed by atoms with van der Waals surface area (Å²) in [5.74, 6) is 0.379. The molecule has 0 saturated heterocycles. The molecule has 5 nitrogen and oxygen atoms in total. The predicted molar refractivity (Wildman–Crippen MR) is 86.1 cm³/mol.